The number of hydrogen-bond donors (Lipinski definition) is 0. The maximum absolute atomic E-state index is 3.73. The Kier molecular flexibility index (Phi) is 2.13. The number of hydrogen-bond acceptors (Lipinski definition) is 0. The summed E-state index contributed by atoms with van der Waals surface area (Å²) in [6.07, 6.45) is 2.87. The van der Waals surface area contributed by atoms with Crippen molar-refractivity contribution in [2.45, 2.75) is 6.42 Å². The summed E-state index contributed by atoms with van der Waals surface area (Å²) in [6.45, 7) is 3.73. The van der Waals surface area contributed by atoms with Crippen LogP contribution in [-0.4, -0.2) is 0 Å². The quantitative estimate of drug-likeness (QED) is 0.602. The Morgan fingerprint density at radius 2 is 1.54 bits per heavy atom. The van der Waals surface area contributed by atoms with Gasteiger partial charge in [-0.15, -0.1) is 6.58 Å². The van der Waals surface area contributed by atoms with Crippen LogP contribution in [0, 0.1) is 0 Å². The van der Waals surface area contributed by atoms with E-state index in [1.165, 1.54) is 16.7 Å². The zero-order valence-corrected chi connectivity index (χ0v) is 7.53. The van der Waals surface area contributed by atoms with E-state index in [1.807, 2.05) is 6.08 Å². The minimum atomic E-state index is 0.942. The van der Waals surface area contributed by atoms with Gasteiger partial charge in [0.1, 0.15) is 0 Å². The topological polar surface area (TPSA) is 0 Å². The number of allylic oxidation sites excluding steroid dienone is 1. The normalized spacial score (nSPS) is 10.2. The summed E-state index contributed by atoms with van der Waals surface area (Å²) < 4.78 is 0. The predicted molar refractivity (Wildman–Crippen MR) is 57.0 cm³/mol. The smallest absolute Gasteiger partial charge is 0.0100 e. The first-order valence-electron chi connectivity index (χ1n) is 4.49. The molecule has 0 unspecified atom stereocenters. The summed E-state index contributed by atoms with van der Waals surface area (Å²) in [6, 6.07) is 15.0. The van der Waals surface area contributed by atoms with Crippen molar-refractivity contribution in [1.29, 1.82) is 0 Å². The van der Waals surface area contributed by atoms with Crippen molar-refractivity contribution in [3.63, 3.8) is 0 Å². The Hall–Kier alpha value is -1.56. The maximum Gasteiger partial charge on any atom is -0.0100 e. The van der Waals surface area contributed by atoms with Gasteiger partial charge in [-0.05, 0) is 23.1 Å². The van der Waals surface area contributed by atoms with Gasteiger partial charge >= 0.3 is 0 Å². The van der Waals surface area contributed by atoms with E-state index in [9.17, 15) is 0 Å². The second-order valence-electron chi connectivity index (χ2n) is 3.17. The van der Waals surface area contributed by atoms with E-state index in [0.29, 0.717) is 0 Å². The standard InChI is InChI=1S/C13H12/c1-2-4-11-7-9-12-5-3-6-13(12)10-8-11/h2-3,5-10H,1,4H2. The second kappa shape index (κ2) is 3.44. The molecule has 0 nitrogen and oxygen atoms in total. The van der Waals surface area contributed by atoms with Crippen molar-refractivity contribution < 1.29 is 0 Å². The average molecular weight is 168 g/mol. The molecule has 0 spiro atoms. The molecule has 0 aromatic carbocycles. The summed E-state index contributed by atoms with van der Waals surface area (Å²) >= 11 is 0. The molecule has 0 aromatic rings. The van der Waals surface area contributed by atoms with E-state index in [0.717, 1.165) is 6.42 Å². The molecule has 13 heavy (non-hydrogen) atoms. The molecule has 0 amide bonds. The summed E-state index contributed by atoms with van der Waals surface area (Å²) in [5.74, 6) is 0. The zero-order chi connectivity index (χ0) is 9.10. The molecule has 0 heterocycles. The number of fused-ring (bicyclic) bond motifs is 1. The van der Waals surface area contributed by atoms with Crippen molar-refractivity contribution in [2.24, 2.45) is 0 Å². The van der Waals surface area contributed by atoms with Crippen molar-refractivity contribution in [2.75, 3.05) is 0 Å². The lowest BCUT2D eigenvalue weighted by atomic mass is 10.2. The first kappa shape index (κ1) is 8.06. The molecule has 0 saturated carbocycles. The third-order valence-corrected chi connectivity index (χ3v) is 2.22. The first-order valence-corrected chi connectivity index (χ1v) is 4.49. The fraction of sp³-hybridized carbons (Fsp3) is 0.0769. The van der Waals surface area contributed by atoms with E-state index >= 15 is 0 Å². The van der Waals surface area contributed by atoms with Gasteiger partial charge in [0.15, 0.2) is 0 Å². The Balaban J connectivity index is 2.48. The Labute approximate surface area is 78.9 Å². The van der Waals surface area contributed by atoms with Crippen molar-refractivity contribution >= 4 is 0 Å². The van der Waals surface area contributed by atoms with Crippen LogP contribution in [-0.2, 0) is 6.42 Å². The largest absolute Gasteiger partial charge is 0.103 e. The van der Waals surface area contributed by atoms with Gasteiger partial charge in [0.05, 0.1) is 0 Å². The van der Waals surface area contributed by atoms with Crippen molar-refractivity contribution in [3.8, 4) is 11.1 Å². The Morgan fingerprint density at radius 1 is 0.923 bits per heavy atom. The van der Waals surface area contributed by atoms with Crippen LogP contribution in [0.15, 0.2) is 55.1 Å². The molecule has 0 atom stereocenters. The Morgan fingerprint density at radius 3 is 2.08 bits per heavy atom. The van der Waals surface area contributed by atoms with Gasteiger partial charge < -0.3 is 0 Å². The lowest BCUT2D eigenvalue weighted by Crippen LogP contribution is -1.72. The van der Waals surface area contributed by atoms with Gasteiger partial charge in [-0.25, -0.2) is 0 Å². The lowest BCUT2D eigenvalue weighted by molar-refractivity contribution is 1.29. The van der Waals surface area contributed by atoms with Gasteiger partial charge in [-0.1, -0.05) is 48.5 Å². The summed E-state index contributed by atoms with van der Waals surface area (Å²) in [5.41, 5.74) is 3.91. The third kappa shape index (κ3) is 1.62. The molecule has 0 radical (unpaired) electrons. The molecule has 2 aliphatic rings. The summed E-state index contributed by atoms with van der Waals surface area (Å²) in [7, 11) is 0. The Bertz CT molecular complexity index is 357. The molecule has 2 aliphatic carbocycles. The molecule has 0 heteroatoms. The summed E-state index contributed by atoms with van der Waals surface area (Å²) in [5, 5.41) is 0. The molecular weight excluding hydrogens is 156 g/mol. The van der Waals surface area contributed by atoms with E-state index in [-0.39, 0.29) is 0 Å². The van der Waals surface area contributed by atoms with Gasteiger partial charge in [0.25, 0.3) is 0 Å². The summed E-state index contributed by atoms with van der Waals surface area (Å²) in [4.78, 5) is 0. The van der Waals surface area contributed by atoms with Gasteiger partial charge in [0, 0.05) is 0 Å². The molecular formula is C13H12. The zero-order valence-electron chi connectivity index (χ0n) is 7.53. The fourth-order valence-electron chi connectivity index (χ4n) is 1.50. The molecule has 0 aliphatic heterocycles. The van der Waals surface area contributed by atoms with Gasteiger partial charge in [-0.3, -0.25) is 0 Å². The first-order chi connectivity index (χ1) is 6.40. The highest BCUT2D eigenvalue weighted by Crippen LogP contribution is 2.21. The van der Waals surface area contributed by atoms with Crippen molar-refractivity contribution in [1.82, 2.24) is 0 Å². The van der Waals surface area contributed by atoms with Crippen molar-refractivity contribution in [3.05, 3.63) is 60.7 Å². The van der Waals surface area contributed by atoms with Crippen LogP contribution in [0.2, 0.25) is 0 Å². The van der Waals surface area contributed by atoms with E-state index < -0.39 is 0 Å². The second-order valence-corrected chi connectivity index (χ2v) is 3.17. The molecule has 0 aromatic heterocycles. The monoisotopic (exact) mass is 168 g/mol. The SMILES string of the molecule is C=CCc1ccc2cccc-2cc1. The highest BCUT2D eigenvalue weighted by atomic mass is 14.0. The molecule has 0 fully saturated rings. The van der Waals surface area contributed by atoms with Crippen LogP contribution in [0.25, 0.3) is 11.1 Å². The molecule has 0 saturated heterocycles. The maximum atomic E-state index is 3.73. The third-order valence-electron chi connectivity index (χ3n) is 2.22. The van der Waals surface area contributed by atoms with E-state index in [4.69, 9.17) is 0 Å². The molecule has 0 N–H and O–H groups in total. The minimum Gasteiger partial charge on any atom is -0.103 e. The van der Waals surface area contributed by atoms with Crippen LogP contribution in [0.3, 0.4) is 0 Å². The van der Waals surface area contributed by atoms with Crippen LogP contribution in [0.1, 0.15) is 5.56 Å². The van der Waals surface area contributed by atoms with Crippen LogP contribution in [0.4, 0.5) is 0 Å². The molecule has 0 bridgehead atoms. The van der Waals surface area contributed by atoms with Gasteiger partial charge in [0.2, 0.25) is 0 Å². The fourth-order valence-corrected chi connectivity index (χ4v) is 1.50. The average Bonchev–Trinajstić information content (AvgIpc) is 2.50. The van der Waals surface area contributed by atoms with E-state index in [2.05, 4.69) is 49.0 Å². The van der Waals surface area contributed by atoms with Gasteiger partial charge in [-0.2, -0.15) is 0 Å². The van der Waals surface area contributed by atoms with E-state index in [1.54, 1.807) is 0 Å². The highest BCUT2D eigenvalue weighted by Gasteiger charge is 1.97. The predicted octanol–water partition coefficient (Wildman–Crippen LogP) is 3.52. The van der Waals surface area contributed by atoms with Crippen LogP contribution < -0.4 is 0 Å². The number of rotatable bonds is 2. The van der Waals surface area contributed by atoms with Crippen LogP contribution in [0.5, 0.6) is 0 Å². The molecule has 2 rings (SSSR count). The molecule has 64 valence electrons. The highest BCUT2D eigenvalue weighted by molar-refractivity contribution is 5.65. The lowest BCUT2D eigenvalue weighted by Gasteiger charge is -1.86. The van der Waals surface area contributed by atoms with Crippen LogP contribution >= 0.6 is 0 Å². The minimum absolute atomic E-state index is 0.942.